The van der Waals surface area contributed by atoms with Crippen molar-refractivity contribution in [3.63, 3.8) is 0 Å². The van der Waals surface area contributed by atoms with Gasteiger partial charge in [-0.3, -0.25) is 9.36 Å². The molecular formula is C14H17N7O2S2. The van der Waals surface area contributed by atoms with Gasteiger partial charge < -0.3 is 15.4 Å². The third kappa shape index (κ3) is 4.38. The van der Waals surface area contributed by atoms with Crippen LogP contribution in [0.15, 0.2) is 30.3 Å². The third-order valence-electron chi connectivity index (χ3n) is 3.24. The first-order valence-electron chi connectivity index (χ1n) is 7.51. The highest BCUT2D eigenvalue weighted by Crippen LogP contribution is 2.26. The van der Waals surface area contributed by atoms with Gasteiger partial charge in [-0.2, -0.15) is 9.36 Å². The number of nitrogens with two attached hydrogens (primary N) is 1. The highest BCUT2D eigenvalue weighted by molar-refractivity contribution is 7.10. The average Bonchev–Trinajstić information content (AvgIpc) is 3.32. The zero-order chi connectivity index (χ0) is 17.6. The summed E-state index contributed by atoms with van der Waals surface area (Å²) in [4.78, 5) is 26.2. The molecule has 3 heterocycles. The highest BCUT2D eigenvalue weighted by Gasteiger charge is 2.25. The molecule has 0 aliphatic carbocycles. The molecule has 0 aromatic carbocycles. The van der Waals surface area contributed by atoms with Crippen molar-refractivity contribution in [2.45, 2.75) is 26.1 Å². The summed E-state index contributed by atoms with van der Waals surface area (Å²) in [6.07, 6.45) is 6.73. The predicted octanol–water partition coefficient (Wildman–Crippen LogP) is 1.42. The van der Waals surface area contributed by atoms with E-state index in [-0.39, 0.29) is 5.97 Å². The van der Waals surface area contributed by atoms with E-state index in [0.717, 1.165) is 5.01 Å². The van der Waals surface area contributed by atoms with Crippen LogP contribution in [-0.2, 0) is 16.1 Å². The molecule has 2 N–H and O–H groups in total. The Hall–Kier alpha value is -2.37. The Morgan fingerprint density at radius 2 is 2.36 bits per heavy atom. The highest BCUT2D eigenvalue weighted by atomic mass is 32.1. The average molecular weight is 379 g/mol. The monoisotopic (exact) mass is 379 g/mol. The topological polar surface area (TPSA) is 112 Å². The van der Waals surface area contributed by atoms with E-state index in [1.165, 1.54) is 29.8 Å². The summed E-state index contributed by atoms with van der Waals surface area (Å²) in [5.74, 6) is 0.137. The summed E-state index contributed by atoms with van der Waals surface area (Å²) in [5, 5.41) is 3.40. The van der Waals surface area contributed by atoms with Gasteiger partial charge in [-0.1, -0.05) is 0 Å². The number of nitrogens with zero attached hydrogens (tertiary/aromatic N) is 6. The molecule has 0 bridgehead atoms. The first kappa shape index (κ1) is 17.5. The van der Waals surface area contributed by atoms with Crippen LogP contribution in [-0.4, -0.2) is 42.6 Å². The van der Waals surface area contributed by atoms with Crippen LogP contribution in [0.2, 0.25) is 0 Å². The van der Waals surface area contributed by atoms with E-state index >= 15 is 0 Å². The van der Waals surface area contributed by atoms with Crippen LogP contribution in [0.25, 0.3) is 5.95 Å². The van der Waals surface area contributed by atoms with Crippen molar-refractivity contribution in [3.8, 4) is 5.95 Å². The van der Waals surface area contributed by atoms with Gasteiger partial charge in [-0.25, -0.2) is 9.97 Å². The molecule has 11 heteroatoms. The number of aromatic nitrogens is 5. The molecular weight excluding hydrogens is 362 g/mol. The summed E-state index contributed by atoms with van der Waals surface area (Å²) < 4.78 is 11.5. The molecule has 0 aliphatic rings. The molecule has 1 unspecified atom stereocenters. The van der Waals surface area contributed by atoms with Gasteiger partial charge >= 0.3 is 5.97 Å². The first-order chi connectivity index (χ1) is 12.2. The summed E-state index contributed by atoms with van der Waals surface area (Å²) in [7, 11) is 0. The Balaban J connectivity index is 1.90. The zero-order valence-corrected chi connectivity index (χ0v) is 15.1. The summed E-state index contributed by atoms with van der Waals surface area (Å²) in [6.45, 7) is 2.20. The van der Waals surface area contributed by atoms with E-state index in [4.69, 9.17) is 10.5 Å². The normalized spacial score (nSPS) is 12.1. The molecule has 0 fully saturated rings. The van der Waals surface area contributed by atoms with E-state index in [1.807, 2.05) is 10.3 Å². The number of anilines is 1. The van der Waals surface area contributed by atoms with Crippen molar-refractivity contribution in [2.24, 2.45) is 5.73 Å². The van der Waals surface area contributed by atoms with Gasteiger partial charge in [0.25, 0.3) is 0 Å². The first-order valence-corrected chi connectivity index (χ1v) is 9.17. The van der Waals surface area contributed by atoms with Crippen molar-refractivity contribution in [1.29, 1.82) is 0 Å². The van der Waals surface area contributed by atoms with Gasteiger partial charge in [0, 0.05) is 48.8 Å². The van der Waals surface area contributed by atoms with Crippen LogP contribution in [0.4, 0.5) is 5.13 Å². The molecule has 9 nitrogen and oxygen atoms in total. The Bertz CT molecular complexity index is 788. The van der Waals surface area contributed by atoms with Gasteiger partial charge in [0.05, 0.1) is 6.54 Å². The van der Waals surface area contributed by atoms with Gasteiger partial charge in [0.1, 0.15) is 11.3 Å². The standard InChI is InChI=1S/C14H17N7O2S2/c1-10(22)23-12(2-3-15)21(8-11-17-5-7-24-11)14-18-13(19-25-14)20-6-4-16-9-20/h4-7,9,12H,2-3,8,15H2,1H3. The lowest BCUT2D eigenvalue weighted by Gasteiger charge is -2.29. The summed E-state index contributed by atoms with van der Waals surface area (Å²) in [5.41, 5.74) is 5.70. The summed E-state index contributed by atoms with van der Waals surface area (Å²) in [6, 6.07) is 0. The van der Waals surface area contributed by atoms with Crippen molar-refractivity contribution in [2.75, 3.05) is 11.4 Å². The Morgan fingerprint density at radius 1 is 1.48 bits per heavy atom. The maximum atomic E-state index is 11.5. The van der Waals surface area contributed by atoms with E-state index in [9.17, 15) is 4.79 Å². The maximum Gasteiger partial charge on any atom is 0.304 e. The molecule has 132 valence electrons. The van der Waals surface area contributed by atoms with Crippen LogP contribution < -0.4 is 10.6 Å². The number of esters is 1. The van der Waals surface area contributed by atoms with E-state index in [2.05, 4.69) is 19.3 Å². The van der Waals surface area contributed by atoms with Crippen LogP contribution >= 0.6 is 22.9 Å². The largest absolute Gasteiger partial charge is 0.442 e. The lowest BCUT2D eigenvalue weighted by atomic mass is 10.3. The number of hydrogen-bond donors (Lipinski definition) is 1. The molecule has 1 atom stereocenters. The number of carbonyl (C=O) groups is 1. The number of carbonyl (C=O) groups excluding carboxylic acids is 1. The molecule has 0 saturated carbocycles. The van der Waals surface area contributed by atoms with Crippen LogP contribution in [0.1, 0.15) is 18.4 Å². The number of thiazole rings is 1. The number of hydrogen-bond acceptors (Lipinski definition) is 10. The number of ether oxygens (including phenoxy) is 1. The molecule has 3 aromatic rings. The Kier molecular flexibility index (Phi) is 5.68. The van der Waals surface area contributed by atoms with Crippen LogP contribution in [0, 0.1) is 0 Å². The lowest BCUT2D eigenvalue weighted by molar-refractivity contribution is -0.146. The van der Waals surface area contributed by atoms with E-state index < -0.39 is 6.23 Å². The van der Waals surface area contributed by atoms with Crippen LogP contribution in [0.5, 0.6) is 0 Å². The Morgan fingerprint density at radius 3 is 3.00 bits per heavy atom. The van der Waals surface area contributed by atoms with Gasteiger partial charge in [-0.05, 0) is 6.54 Å². The van der Waals surface area contributed by atoms with E-state index in [1.54, 1.807) is 29.5 Å². The second-order valence-electron chi connectivity index (χ2n) is 5.04. The minimum absolute atomic E-state index is 0.373. The van der Waals surface area contributed by atoms with Crippen molar-refractivity contribution < 1.29 is 9.53 Å². The minimum Gasteiger partial charge on any atom is -0.442 e. The second kappa shape index (κ2) is 8.14. The minimum atomic E-state index is -0.532. The zero-order valence-electron chi connectivity index (χ0n) is 13.5. The Labute approximate surface area is 152 Å². The fourth-order valence-electron chi connectivity index (χ4n) is 2.19. The van der Waals surface area contributed by atoms with Gasteiger partial charge in [0.15, 0.2) is 6.23 Å². The maximum absolute atomic E-state index is 11.5. The fourth-order valence-corrected chi connectivity index (χ4v) is 3.51. The smallest absolute Gasteiger partial charge is 0.304 e. The SMILES string of the molecule is CC(=O)OC(CCN)N(Cc1nccs1)c1nc(-n2ccnc2)ns1. The molecule has 3 aromatic heterocycles. The van der Waals surface area contributed by atoms with Crippen LogP contribution in [0.3, 0.4) is 0 Å². The number of rotatable bonds is 8. The molecule has 0 amide bonds. The van der Waals surface area contributed by atoms with Crippen molar-refractivity contribution in [1.82, 2.24) is 23.9 Å². The van der Waals surface area contributed by atoms with Gasteiger partial charge in [0.2, 0.25) is 11.1 Å². The summed E-state index contributed by atoms with van der Waals surface area (Å²) >= 11 is 2.74. The third-order valence-corrected chi connectivity index (χ3v) is 4.75. The molecule has 0 aliphatic heterocycles. The van der Waals surface area contributed by atoms with Crippen molar-refractivity contribution >= 4 is 34.0 Å². The van der Waals surface area contributed by atoms with Gasteiger partial charge in [-0.15, -0.1) is 11.3 Å². The molecule has 0 radical (unpaired) electrons. The molecule has 0 saturated heterocycles. The van der Waals surface area contributed by atoms with Crippen molar-refractivity contribution in [3.05, 3.63) is 35.3 Å². The molecule has 3 rings (SSSR count). The predicted molar refractivity (Wildman–Crippen MR) is 94.6 cm³/mol. The quantitative estimate of drug-likeness (QED) is 0.462. The van der Waals surface area contributed by atoms with E-state index in [0.29, 0.717) is 30.6 Å². The molecule has 0 spiro atoms. The fraction of sp³-hybridized carbons (Fsp3) is 0.357. The number of imidazole rings is 1. The molecule has 25 heavy (non-hydrogen) atoms. The lowest BCUT2D eigenvalue weighted by Crippen LogP contribution is -2.39. The second-order valence-corrected chi connectivity index (χ2v) is 6.75.